The first kappa shape index (κ1) is 15.2. The van der Waals surface area contributed by atoms with Gasteiger partial charge in [-0.3, -0.25) is 4.79 Å². The highest BCUT2D eigenvalue weighted by Gasteiger charge is 2.25. The number of H-pyrrole nitrogens is 2. The van der Waals surface area contributed by atoms with E-state index in [1.54, 1.807) is 0 Å². The van der Waals surface area contributed by atoms with Crippen molar-refractivity contribution in [1.29, 1.82) is 0 Å². The summed E-state index contributed by atoms with van der Waals surface area (Å²) < 4.78 is 2.02. The second kappa shape index (κ2) is 5.92. The smallest absolute Gasteiger partial charge is 0.262 e. The van der Waals surface area contributed by atoms with Gasteiger partial charge in [0.05, 0.1) is 17.7 Å². The largest absolute Gasteiger partial charge is 0.364 e. The van der Waals surface area contributed by atoms with E-state index in [0.717, 1.165) is 36.3 Å². The van der Waals surface area contributed by atoms with Crippen molar-refractivity contribution < 1.29 is 0 Å². The highest BCUT2D eigenvalue weighted by molar-refractivity contribution is 5.77. The van der Waals surface area contributed by atoms with Crippen LogP contribution < -0.4 is 5.56 Å². The van der Waals surface area contributed by atoms with Crippen molar-refractivity contribution in [2.24, 2.45) is 0 Å². The van der Waals surface area contributed by atoms with Crippen LogP contribution in [0.25, 0.3) is 11.0 Å². The molecular formula is C18H23N5O. The first-order valence-corrected chi connectivity index (χ1v) is 8.83. The third kappa shape index (κ3) is 2.37. The van der Waals surface area contributed by atoms with Crippen LogP contribution in [-0.4, -0.2) is 24.7 Å². The molecule has 4 rings (SSSR count). The molecule has 126 valence electrons. The molecule has 1 atom stereocenters. The summed E-state index contributed by atoms with van der Waals surface area (Å²) in [5, 5.41) is 5.40. The molecule has 2 N–H and O–H groups in total. The Bertz CT molecular complexity index is 900. The van der Waals surface area contributed by atoms with Gasteiger partial charge in [0.2, 0.25) is 0 Å². The Balaban J connectivity index is 1.89. The SMILES string of the molecule is CCc1nn(C2CCCC2)c2nc(C(C)c3ccc[nH]3)[nH]c(=O)c12. The van der Waals surface area contributed by atoms with Crippen molar-refractivity contribution in [3.05, 3.63) is 45.9 Å². The van der Waals surface area contributed by atoms with Crippen molar-refractivity contribution in [2.45, 2.75) is 57.9 Å². The maximum atomic E-state index is 12.7. The normalized spacial score (nSPS) is 16.9. The van der Waals surface area contributed by atoms with Crippen LogP contribution in [-0.2, 0) is 6.42 Å². The van der Waals surface area contributed by atoms with Crippen LogP contribution in [0.15, 0.2) is 23.1 Å². The molecule has 1 saturated carbocycles. The van der Waals surface area contributed by atoms with Crippen molar-refractivity contribution in [1.82, 2.24) is 24.7 Å². The molecular weight excluding hydrogens is 302 g/mol. The van der Waals surface area contributed by atoms with Crippen molar-refractivity contribution in [3.8, 4) is 0 Å². The summed E-state index contributed by atoms with van der Waals surface area (Å²) >= 11 is 0. The zero-order valence-corrected chi connectivity index (χ0v) is 14.2. The third-order valence-corrected chi connectivity index (χ3v) is 5.16. The van der Waals surface area contributed by atoms with Gasteiger partial charge in [-0.2, -0.15) is 5.10 Å². The summed E-state index contributed by atoms with van der Waals surface area (Å²) in [6.45, 7) is 4.09. The van der Waals surface area contributed by atoms with Crippen LogP contribution in [0.5, 0.6) is 0 Å². The van der Waals surface area contributed by atoms with E-state index in [0.29, 0.717) is 17.3 Å². The summed E-state index contributed by atoms with van der Waals surface area (Å²) in [6.07, 6.45) is 7.32. The van der Waals surface area contributed by atoms with E-state index in [1.807, 2.05) is 36.9 Å². The summed E-state index contributed by atoms with van der Waals surface area (Å²) in [5.41, 5.74) is 2.57. The Morgan fingerprint density at radius 1 is 1.38 bits per heavy atom. The fourth-order valence-electron chi connectivity index (χ4n) is 3.75. The van der Waals surface area contributed by atoms with E-state index in [2.05, 4.69) is 9.97 Å². The topological polar surface area (TPSA) is 79.4 Å². The van der Waals surface area contributed by atoms with E-state index in [-0.39, 0.29) is 11.5 Å². The van der Waals surface area contributed by atoms with E-state index in [9.17, 15) is 4.79 Å². The molecule has 24 heavy (non-hydrogen) atoms. The molecule has 1 aliphatic carbocycles. The number of hydrogen-bond acceptors (Lipinski definition) is 3. The predicted molar refractivity (Wildman–Crippen MR) is 93.3 cm³/mol. The van der Waals surface area contributed by atoms with Crippen LogP contribution in [0, 0.1) is 0 Å². The molecule has 3 heterocycles. The summed E-state index contributed by atoms with van der Waals surface area (Å²) in [7, 11) is 0. The van der Waals surface area contributed by atoms with Crippen LogP contribution in [0.1, 0.15) is 68.7 Å². The number of aromatic nitrogens is 5. The lowest BCUT2D eigenvalue weighted by atomic mass is 10.1. The molecule has 0 spiro atoms. The second-order valence-electron chi connectivity index (χ2n) is 6.68. The van der Waals surface area contributed by atoms with Crippen molar-refractivity contribution in [3.63, 3.8) is 0 Å². The lowest BCUT2D eigenvalue weighted by molar-refractivity contribution is 0.474. The predicted octanol–water partition coefficient (Wildman–Crippen LogP) is 3.28. The van der Waals surface area contributed by atoms with Gasteiger partial charge >= 0.3 is 0 Å². The molecule has 3 aromatic heterocycles. The Labute approximate surface area is 140 Å². The molecule has 0 radical (unpaired) electrons. The van der Waals surface area contributed by atoms with Gasteiger partial charge in [0, 0.05) is 11.9 Å². The van der Waals surface area contributed by atoms with Gasteiger partial charge in [0.1, 0.15) is 11.2 Å². The van der Waals surface area contributed by atoms with Gasteiger partial charge in [-0.05, 0) is 38.3 Å². The number of rotatable bonds is 4. The highest BCUT2D eigenvalue weighted by atomic mass is 16.1. The highest BCUT2D eigenvalue weighted by Crippen LogP contribution is 2.32. The lowest BCUT2D eigenvalue weighted by Crippen LogP contribution is -2.16. The van der Waals surface area contributed by atoms with Gasteiger partial charge in [-0.25, -0.2) is 9.67 Å². The minimum Gasteiger partial charge on any atom is -0.364 e. The van der Waals surface area contributed by atoms with Crippen molar-refractivity contribution >= 4 is 11.0 Å². The average Bonchev–Trinajstić information content (AvgIpc) is 3.32. The fourth-order valence-corrected chi connectivity index (χ4v) is 3.75. The Hall–Kier alpha value is -2.37. The van der Waals surface area contributed by atoms with E-state index in [1.165, 1.54) is 12.8 Å². The first-order valence-electron chi connectivity index (χ1n) is 8.83. The van der Waals surface area contributed by atoms with Crippen LogP contribution >= 0.6 is 0 Å². The zero-order chi connectivity index (χ0) is 16.7. The first-order chi connectivity index (χ1) is 11.7. The molecule has 0 aliphatic heterocycles. The molecule has 1 unspecified atom stereocenters. The zero-order valence-electron chi connectivity index (χ0n) is 14.2. The van der Waals surface area contributed by atoms with Gasteiger partial charge < -0.3 is 9.97 Å². The van der Waals surface area contributed by atoms with E-state index in [4.69, 9.17) is 10.1 Å². The molecule has 6 nitrogen and oxygen atoms in total. The maximum absolute atomic E-state index is 12.7. The quantitative estimate of drug-likeness (QED) is 0.772. The van der Waals surface area contributed by atoms with Crippen LogP contribution in [0.2, 0.25) is 0 Å². The molecule has 1 aliphatic rings. The molecule has 0 bridgehead atoms. The fraction of sp³-hybridized carbons (Fsp3) is 0.500. The van der Waals surface area contributed by atoms with E-state index >= 15 is 0 Å². The number of hydrogen-bond donors (Lipinski definition) is 2. The standard InChI is InChI=1S/C18H23N5O/c1-3-13-15-17(23(22-13)12-7-4-5-8-12)20-16(21-18(15)24)11(2)14-9-6-10-19-14/h6,9-12,19H,3-5,7-8H2,1-2H3,(H,20,21,24). The van der Waals surface area contributed by atoms with Gasteiger partial charge in [-0.1, -0.05) is 19.8 Å². The number of nitrogens with zero attached hydrogens (tertiary/aromatic N) is 3. The number of aryl methyl sites for hydroxylation is 1. The number of fused-ring (bicyclic) bond motifs is 1. The Morgan fingerprint density at radius 3 is 2.83 bits per heavy atom. The van der Waals surface area contributed by atoms with E-state index < -0.39 is 0 Å². The molecule has 0 saturated heterocycles. The lowest BCUT2D eigenvalue weighted by Gasteiger charge is -2.13. The monoisotopic (exact) mass is 325 g/mol. The van der Waals surface area contributed by atoms with Crippen LogP contribution in [0.4, 0.5) is 0 Å². The minimum absolute atomic E-state index is 0.00843. The summed E-state index contributed by atoms with van der Waals surface area (Å²) in [5.74, 6) is 0.700. The van der Waals surface area contributed by atoms with Crippen LogP contribution in [0.3, 0.4) is 0 Å². The molecule has 6 heteroatoms. The summed E-state index contributed by atoms with van der Waals surface area (Å²) in [4.78, 5) is 23.7. The van der Waals surface area contributed by atoms with Crippen molar-refractivity contribution in [2.75, 3.05) is 0 Å². The summed E-state index contributed by atoms with van der Waals surface area (Å²) in [6, 6.07) is 4.34. The van der Waals surface area contributed by atoms with Gasteiger partial charge in [0.15, 0.2) is 5.65 Å². The Morgan fingerprint density at radius 2 is 2.17 bits per heavy atom. The Kier molecular flexibility index (Phi) is 3.75. The molecule has 3 aromatic rings. The van der Waals surface area contributed by atoms with Gasteiger partial charge in [-0.15, -0.1) is 0 Å². The molecule has 0 aromatic carbocycles. The molecule has 0 amide bonds. The third-order valence-electron chi connectivity index (χ3n) is 5.16. The molecule has 1 fully saturated rings. The number of aromatic amines is 2. The maximum Gasteiger partial charge on any atom is 0.262 e. The number of nitrogens with one attached hydrogen (secondary N) is 2. The minimum atomic E-state index is -0.0745. The second-order valence-corrected chi connectivity index (χ2v) is 6.68. The average molecular weight is 325 g/mol. The van der Waals surface area contributed by atoms with Gasteiger partial charge in [0.25, 0.3) is 5.56 Å².